The minimum Gasteiger partial charge on any atom is -0.205 e. The Morgan fingerprint density at radius 2 is 2.25 bits per heavy atom. The molecule has 0 bridgehead atoms. The van der Waals surface area contributed by atoms with Crippen LogP contribution in [0.2, 0.25) is 0 Å². The van der Waals surface area contributed by atoms with E-state index in [1.165, 1.54) is 11.3 Å². The molecule has 3 heteroatoms. The Balaban J connectivity index is 2.81. The predicted octanol–water partition coefficient (Wildman–Crippen LogP) is 3.94. The van der Waals surface area contributed by atoms with Crippen LogP contribution in [0.5, 0.6) is 0 Å². The SMILES string of the molecule is Fc1csc2c(CBr)cccc12. The molecule has 62 valence electrons. The van der Waals surface area contributed by atoms with Crippen LogP contribution in [0.15, 0.2) is 23.6 Å². The number of rotatable bonds is 1. The highest BCUT2D eigenvalue weighted by Gasteiger charge is 2.05. The van der Waals surface area contributed by atoms with Crippen LogP contribution in [0.25, 0.3) is 10.1 Å². The smallest absolute Gasteiger partial charge is 0.141 e. The van der Waals surface area contributed by atoms with Crippen molar-refractivity contribution in [2.45, 2.75) is 5.33 Å². The minimum absolute atomic E-state index is 0.113. The van der Waals surface area contributed by atoms with Crippen molar-refractivity contribution in [1.29, 1.82) is 0 Å². The number of alkyl halides is 1. The molecular weight excluding hydrogens is 239 g/mol. The number of halogens is 2. The Hall–Kier alpha value is -0.410. The quantitative estimate of drug-likeness (QED) is 0.667. The summed E-state index contributed by atoms with van der Waals surface area (Å²) in [6.45, 7) is 0. The summed E-state index contributed by atoms with van der Waals surface area (Å²) in [6, 6.07) is 5.70. The highest BCUT2D eigenvalue weighted by Crippen LogP contribution is 2.28. The average molecular weight is 245 g/mol. The van der Waals surface area contributed by atoms with Gasteiger partial charge in [0.15, 0.2) is 0 Å². The van der Waals surface area contributed by atoms with E-state index >= 15 is 0 Å². The van der Waals surface area contributed by atoms with Crippen molar-refractivity contribution in [1.82, 2.24) is 0 Å². The zero-order valence-corrected chi connectivity index (χ0v) is 8.58. The molecule has 0 unspecified atom stereocenters. The van der Waals surface area contributed by atoms with E-state index in [1.54, 1.807) is 5.38 Å². The maximum absolute atomic E-state index is 13.1. The van der Waals surface area contributed by atoms with Crippen molar-refractivity contribution in [2.75, 3.05) is 0 Å². The third-order valence-corrected chi connectivity index (χ3v) is 3.42. The first kappa shape index (κ1) is 8.20. The van der Waals surface area contributed by atoms with Crippen LogP contribution in [-0.4, -0.2) is 0 Å². The van der Waals surface area contributed by atoms with Gasteiger partial charge in [0.1, 0.15) is 5.82 Å². The molecule has 0 spiro atoms. The molecule has 12 heavy (non-hydrogen) atoms. The van der Waals surface area contributed by atoms with Crippen molar-refractivity contribution in [3.63, 3.8) is 0 Å². The van der Waals surface area contributed by atoms with Gasteiger partial charge in [0.25, 0.3) is 0 Å². The Kier molecular flexibility index (Phi) is 2.15. The minimum atomic E-state index is -0.113. The van der Waals surface area contributed by atoms with Gasteiger partial charge in [0, 0.05) is 20.8 Å². The highest BCUT2D eigenvalue weighted by atomic mass is 79.9. The summed E-state index contributed by atoms with van der Waals surface area (Å²) in [5.74, 6) is -0.113. The molecule has 0 aliphatic carbocycles. The molecule has 0 N–H and O–H groups in total. The zero-order chi connectivity index (χ0) is 8.55. The molecule has 0 aliphatic heterocycles. The highest BCUT2D eigenvalue weighted by molar-refractivity contribution is 9.08. The van der Waals surface area contributed by atoms with Crippen LogP contribution in [0, 0.1) is 5.82 Å². The molecule has 0 radical (unpaired) electrons. The van der Waals surface area contributed by atoms with Gasteiger partial charge in [0.05, 0.1) is 0 Å². The monoisotopic (exact) mass is 244 g/mol. The Labute approximate surface area is 82.2 Å². The van der Waals surface area contributed by atoms with E-state index in [4.69, 9.17) is 0 Å². The fourth-order valence-electron chi connectivity index (χ4n) is 1.19. The van der Waals surface area contributed by atoms with Crippen molar-refractivity contribution >= 4 is 37.4 Å². The summed E-state index contributed by atoms with van der Waals surface area (Å²) in [7, 11) is 0. The molecule has 1 aromatic heterocycles. The molecule has 1 heterocycles. The van der Waals surface area contributed by atoms with Crippen LogP contribution in [0.1, 0.15) is 5.56 Å². The molecule has 0 aliphatic rings. The largest absolute Gasteiger partial charge is 0.205 e. The molecular formula is C9H6BrFS. The maximum Gasteiger partial charge on any atom is 0.141 e. The molecule has 2 rings (SSSR count). The summed E-state index contributed by atoms with van der Waals surface area (Å²) in [5, 5.41) is 3.07. The van der Waals surface area contributed by atoms with Crippen LogP contribution in [0.3, 0.4) is 0 Å². The molecule has 0 saturated carbocycles. The van der Waals surface area contributed by atoms with Gasteiger partial charge in [-0.25, -0.2) is 4.39 Å². The molecule has 0 amide bonds. The van der Waals surface area contributed by atoms with Gasteiger partial charge in [-0.2, -0.15) is 0 Å². The third-order valence-electron chi connectivity index (χ3n) is 1.78. The van der Waals surface area contributed by atoms with E-state index in [2.05, 4.69) is 15.9 Å². The Bertz CT molecular complexity index is 408. The van der Waals surface area contributed by atoms with E-state index in [1.807, 2.05) is 18.2 Å². The van der Waals surface area contributed by atoms with Gasteiger partial charge >= 0.3 is 0 Å². The van der Waals surface area contributed by atoms with E-state index < -0.39 is 0 Å². The number of hydrogen-bond acceptors (Lipinski definition) is 1. The number of hydrogen-bond donors (Lipinski definition) is 0. The maximum atomic E-state index is 13.1. The second-order valence-electron chi connectivity index (χ2n) is 2.51. The van der Waals surface area contributed by atoms with Crippen LogP contribution >= 0.6 is 27.3 Å². The summed E-state index contributed by atoms with van der Waals surface area (Å²) in [4.78, 5) is 0. The van der Waals surface area contributed by atoms with Crippen molar-refractivity contribution in [3.05, 3.63) is 35.0 Å². The predicted molar refractivity (Wildman–Crippen MR) is 54.4 cm³/mol. The standard InChI is InChI=1S/C9H6BrFS/c10-4-6-2-1-3-7-8(11)5-12-9(6)7/h1-3,5H,4H2. The summed E-state index contributed by atoms with van der Waals surface area (Å²) < 4.78 is 14.1. The average Bonchev–Trinajstić information content (AvgIpc) is 2.48. The number of fused-ring (bicyclic) bond motifs is 1. The first-order valence-electron chi connectivity index (χ1n) is 3.53. The fourth-order valence-corrected chi connectivity index (χ4v) is 2.78. The zero-order valence-electron chi connectivity index (χ0n) is 6.18. The summed E-state index contributed by atoms with van der Waals surface area (Å²) >= 11 is 4.83. The molecule has 0 saturated heterocycles. The molecule has 0 atom stereocenters. The first-order valence-corrected chi connectivity index (χ1v) is 5.53. The summed E-state index contributed by atoms with van der Waals surface area (Å²) in [5.41, 5.74) is 1.15. The van der Waals surface area contributed by atoms with Gasteiger partial charge in [0.2, 0.25) is 0 Å². The third kappa shape index (κ3) is 1.17. The summed E-state index contributed by atoms with van der Waals surface area (Å²) in [6.07, 6.45) is 0. The number of thiophene rings is 1. The first-order chi connectivity index (χ1) is 5.83. The Morgan fingerprint density at radius 3 is 3.00 bits per heavy atom. The van der Waals surface area contributed by atoms with E-state index in [-0.39, 0.29) is 5.82 Å². The van der Waals surface area contributed by atoms with Gasteiger partial charge < -0.3 is 0 Å². The van der Waals surface area contributed by atoms with Crippen LogP contribution in [-0.2, 0) is 5.33 Å². The van der Waals surface area contributed by atoms with E-state index in [9.17, 15) is 4.39 Å². The lowest BCUT2D eigenvalue weighted by Crippen LogP contribution is -1.76. The Morgan fingerprint density at radius 1 is 1.42 bits per heavy atom. The van der Waals surface area contributed by atoms with Crippen LogP contribution in [0.4, 0.5) is 4.39 Å². The normalized spacial score (nSPS) is 10.8. The fraction of sp³-hybridized carbons (Fsp3) is 0.111. The molecule has 2 aromatic rings. The van der Waals surface area contributed by atoms with Gasteiger partial charge in [-0.05, 0) is 5.56 Å². The van der Waals surface area contributed by atoms with Gasteiger partial charge in [-0.3, -0.25) is 0 Å². The molecule has 0 nitrogen and oxygen atoms in total. The van der Waals surface area contributed by atoms with E-state index in [0.29, 0.717) is 0 Å². The lowest BCUT2D eigenvalue weighted by molar-refractivity contribution is 0.644. The number of benzene rings is 1. The van der Waals surface area contributed by atoms with Gasteiger partial charge in [-0.1, -0.05) is 34.1 Å². The molecule has 1 aromatic carbocycles. The second kappa shape index (κ2) is 3.15. The lowest BCUT2D eigenvalue weighted by atomic mass is 10.2. The lowest BCUT2D eigenvalue weighted by Gasteiger charge is -1.95. The van der Waals surface area contributed by atoms with Crippen LogP contribution < -0.4 is 0 Å². The molecule has 0 fully saturated rings. The van der Waals surface area contributed by atoms with Crippen molar-refractivity contribution in [3.8, 4) is 0 Å². The van der Waals surface area contributed by atoms with Gasteiger partial charge in [-0.15, -0.1) is 11.3 Å². The second-order valence-corrected chi connectivity index (χ2v) is 3.95. The van der Waals surface area contributed by atoms with Crippen molar-refractivity contribution in [2.24, 2.45) is 0 Å². The van der Waals surface area contributed by atoms with E-state index in [0.717, 1.165) is 21.0 Å². The van der Waals surface area contributed by atoms with Crippen molar-refractivity contribution < 1.29 is 4.39 Å². The topological polar surface area (TPSA) is 0 Å².